The van der Waals surface area contributed by atoms with Crippen LogP contribution in [0.25, 0.3) is 22.2 Å². The molecule has 45 heavy (non-hydrogen) atoms. The van der Waals surface area contributed by atoms with Gasteiger partial charge in [-0.15, -0.1) is 0 Å². The number of methoxy groups -OCH3 is 1. The molecule has 1 aromatic carbocycles. The van der Waals surface area contributed by atoms with Crippen LogP contribution >= 0.6 is 0 Å². The molecule has 6 rings (SSSR count). The molecule has 2 aliphatic rings. The van der Waals surface area contributed by atoms with Crippen molar-refractivity contribution in [2.45, 2.75) is 77.3 Å². The minimum absolute atomic E-state index is 0.0435. The Hall–Kier alpha value is -4.11. The van der Waals surface area contributed by atoms with E-state index in [0.717, 1.165) is 92.6 Å². The highest BCUT2D eigenvalue weighted by Crippen LogP contribution is 2.59. The molecule has 2 N–H and O–H groups in total. The maximum absolute atomic E-state index is 13.7. The largest absolute Gasteiger partial charge is 0.480 e. The minimum atomic E-state index is -0.240. The zero-order valence-corrected chi connectivity index (χ0v) is 26.4. The molecule has 9 nitrogen and oxygen atoms in total. The Morgan fingerprint density at radius 2 is 1.96 bits per heavy atom. The van der Waals surface area contributed by atoms with Crippen molar-refractivity contribution >= 4 is 22.6 Å². The number of hydrogen-bond acceptors (Lipinski definition) is 7. The normalized spacial score (nSPS) is 18.1. The van der Waals surface area contributed by atoms with Gasteiger partial charge in [0.1, 0.15) is 11.6 Å². The summed E-state index contributed by atoms with van der Waals surface area (Å²) in [6.07, 6.45) is 13.3. The molecule has 0 radical (unpaired) electrons. The summed E-state index contributed by atoms with van der Waals surface area (Å²) in [5.41, 5.74) is 3.84. The zero-order chi connectivity index (χ0) is 31.2. The summed E-state index contributed by atoms with van der Waals surface area (Å²) in [5, 5.41) is 4.40. The Bertz CT molecular complexity index is 1610. The van der Waals surface area contributed by atoms with Crippen molar-refractivity contribution in [1.82, 2.24) is 30.2 Å². The molecule has 4 heterocycles. The number of para-hydroxylation sites is 1. The van der Waals surface area contributed by atoms with Crippen molar-refractivity contribution in [2.75, 3.05) is 20.2 Å². The number of fused-ring (bicyclic) bond motifs is 1. The number of ketones is 1. The zero-order valence-electron chi connectivity index (χ0n) is 26.4. The van der Waals surface area contributed by atoms with Crippen LogP contribution in [0.3, 0.4) is 0 Å². The molecule has 4 aromatic rings. The number of H-pyrrole nitrogens is 1. The Kier molecular flexibility index (Phi) is 9.54. The second-order valence-corrected chi connectivity index (χ2v) is 12.7. The van der Waals surface area contributed by atoms with Gasteiger partial charge < -0.3 is 15.0 Å². The molecular weight excluding hydrogens is 564 g/mol. The summed E-state index contributed by atoms with van der Waals surface area (Å²) < 4.78 is 5.64. The number of unbranched alkanes of at least 4 members (excludes halogenated alkanes) is 2. The predicted octanol–water partition coefficient (Wildman–Crippen LogP) is 6.42. The van der Waals surface area contributed by atoms with E-state index in [1.165, 1.54) is 5.56 Å². The third-order valence-electron chi connectivity index (χ3n) is 9.74. The standard InChI is InChI=1S/C36H44N6O3/c1-3-27(43)12-5-4-6-14-31(33-38-23-32(39-33)28-20-26-11-7-8-13-30(26)41-35(28)45-2)40-34(44)29-21-36(29)15-18-42(19-16-36)24-25-10-9-17-37-22-25/h7-11,13,17,20,22-23,29,31H,3-6,12,14-16,18-19,21,24H2,1-2H3,(H,38,39)(H,40,44)/t29-,31+/m1/s1. The number of carbonyl (C=O) groups excluding carboxylic acids is 2. The van der Waals surface area contributed by atoms with Crippen molar-refractivity contribution in [3.05, 3.63) is 72.4 Å². The lowest BCUT2D eigenvalue weighted by molar-refractivity contribution is -0.124. The van der Waals surface area contributed by atoms with Gasteiger partial charge in [-0.25, -0.2) is 9.97 Å². The maximum atomic E-state index is 13.7. The third-order valence-corrected chi connectivity index (χ3v) is 9.74. The van der Waals surface area contributed by atoms with Crippen LogP contribution in [0, 0.1) is 11.3 Å². The van der Waals surface area contributed by atoms with Crippen LogP contribution in [-0.2, 0) is 16.1 Å². The summed E-state index contributed by atoms with van der Waals surface area (Å²) in [7, 11) is 1.62. The molecule has 9 heteroatoms. The highest BCUT2D eigenvalue weighted by molar-refractivity contribution is 5.85. The molecule has 2 fully saturated rings. The van der Waals surface area contributed by atoms with Crippen molar-refractivity contribution in [3.8, 4) is 17.1 Å². The lowest BCUT2D eigenvalue weighted by Crippen LogP contribution is -2.37. The summed E-state index contributed by atoms with van der Waals surface area (Å²) in [5.74, 6) is 1.74. The molecule has 1 saturated heterocycles. The van der Waals surface area contributed by atoms with Gasteiger partial charge in [-0.05, 0) is 74.4 Å². The number of Topliss-reactive ketones (excluding diaryl/α,β-unsaturated/α-hetero) is 1. The average Bonchev–Trinajstić information content (AvgIpc) is 3.55. The van der Waals surface area contributed by atoms with Gasteiger partial charge in [-0.3, -0.25) is 19.5 Å². The molecule has 236 valence electrons. The van der Waals surface area contributed by atoms with Gasteiger partial charge >= 0.3 is 0 Å². The van der Waals surface area contributed by atoms with Crippen LogP contribution in [0.1, 0.15) is 82.1 Å². The number of amides is 1. The van der Waals surface area contributed by atoms with Crippen molar-refractivity contribution in [1.29, 1.82) is 0 Å². The molecule has 1 amide bonds. The number of likely N-dealkylation sites (tertiary alicyclic amines) is 1. The number of aromatic amines is 1. The number of rotatable bonds is 14. The van der Waals surface area contributed by atoms with Crippen LogP contribution in [0.15, 0.2) is 61.1 Å². The van der Waals surface area contributed by atoms with Crippen LogP contribution in [0.4, 0.5) is 0 Å². The Labute approximate surface area is 265 Å². The maximum Gasteiger partial charge on any atom is 0.224 e. The van der Waals surface area contributed by atoms with E-state index in [0.29, 0.717) is 24.5 Å². The fourth-order valence-corrected chi connectivity index (χ4v) is 6.85. The van der Waals surface area contributed by atoms with Crippen molar-refractivity contribution in [3.63, 3.8) is 0 Å². The lowest BCUT2D eigenvalue weighted by Gasteiger charge is -2.33. The smallest absolute Gasteiger partial charge is 0.224 e. The Balaban J connectivity index is 1.13. The van der Waals surface area contributed by atoms with E-state index in [1.54, 1.807) is 13.3 Å². The number of imidazole rings is 1. The molecule has 0 bridgehead atoms. The fraction of sp³-hybridized carbons (Fsp3) is 0.472. The number of nitrogens with zero attached hydrogens (tertiary/aromatic N) is 4. The third kappa shape index (κ3) is 7.25. The minimum Gasteiger partial charge on any atom is -0.480 e. The number of carbonyl (C=O) groups is 2. The topological polar surface area (TPSA) is 113 Å². The quantitative estimate of drug-likeness (QED) is 0.159. The van der Waals surface area contributed by atoms with Crippen molar-refractivity contribution in [2.24, 2.45) is 11.3 Å². The van der Waals surface area contributed by atoms with E-state index in [4.69, 9.17) is 14.7 Å². The van der Waals surface area contributed by atoms with Crippen molar-refractivity contribution < 1.29 is 14.3 Å². The Morgan fingerprint density at radius 3 is 2.73 bits per heavy atom. The van der Waals surface area contributed by atoms with Crippen LogP contribution in [-0.4, -0.2) is 56.7 Å². The van der Waals surface area contributed by atoms with Gasteiger partial charge in [0, 0.05) is 43.1 Å². The summed E-state index contributed by atoms with van der Waals surface area (Å²) in [6, 6.07) is 13.9. The van der Waals surface area contributed by atoms with E-state index >= 15 is 0 Å². The lowest BCUT2D eigenvalue weighted by atomic mass is 9.90. The molecule has 1 aliphatic heterocycles. The van der Waals surface area contributed by atoms with E-state index < -0.39 is 0 Å². The van der Waals surface area contributed by atoms with Gasteiger partial charge in [0.2, 0.25) is 11.8 Å². The molecule has 1 saturated carbocycles. The number of aromatic nitrogens is 4. The van der Waals surface area contributed by atoms with Gasteiger partial charge in [0.05, 0.1) is 36.1 Å². The first-order chi connectivity index (χ1) is 22.0. The molecule has 2 atom stereocenters. The SMILES string of the molecule is CCC(=O)CCCCC[C@H](NC(=O)[C@H]1CC12CCN(Cc1cccnc1)CC2)c1ncc(-c2cc3ccccc3nc2OC)[nH]1. The first-order valence-electron chi connectivity index (χ1n) is 16.4. The number of benzene rings is 1. The summed E-state index contributed by atoms with van der Waals surface area (Å²) in [6.45, 7) is 4.83. The van der Waals surface area contributed by atoms with Gasteiger partial charge in [0.15, 0.2) is 0 Å². The summed E-state index contributed by atoms with van der Waals surface area (Å²) >= 11 is 0. The first-order valence-corrected chi connectivity index (χ1v) is 16.4. The van der Waals surface area contributed by atoms with Gasteiger partial charge in [-0.1, -0.05) is 44.0 Å². The molecular formula is C36H44N6O3. The predicted molar refractivity (Wildman–Crippen MR) is 174 cm³/mol. The molecule has 1 aliphatic carbocycles. The number of nitrogens with one attached hydrogen (secondary N) is 2. The highest BCUT2D eigenvalue weighted by Gasteiger charge is 2.58. The first kappa shape index (κ1) is 30.9. The van der Waals surface area contributed by atoms with E-state index in [1.807, 2.05) is 49.6 Å². The number of pyridine rings is 2. The van der Waals surface area contributed by atoms with E-state index in [2.05, 4.69) is 32.3 Å². The number of hydrogen-bond donors (Lipinski definition) is 2. The second-order valence-electron chi connectivity index (χ2n) is 12.7. The van der Waals surface area contributed by atoms with Crippen LogP contribution < -0.4 is 10.1 Å². The Morgan fingerprint density at radius 1 is 1.11 bits per heavy atom. The van der Waals surface area contributed by atoms with Gasteiger partial charge in [-0.2, -0.15) is 0 Å². The number of piperidine rings is 1. The highest BCUT2D eigenvalue weighted by atomic mass is 16.5. The molecule has 0 unspecified atom stereocenters. The average molecular weight is 609 g/mol. The van der Waals surface area contributed by atoms with Crippen LogP contribution in [0.5, 0.6) is 5.88 Å². The monoisotopic (exact) mass is 608 g/mol. The number of ether oxygens (including phenoxy) is 1. The van der Waals surface area contributed by atoms with Gasteiger partial charge in [0.25, 0.3) is 0 Å². The fourth-order valence-electron chi connectivity index (χ4n) is 6.85. The van der Waals surface area contributed by atoms with E-state index in [9.17, 15) is 9.59 Å². The second kappa shape index (κ2) is 13.9. The molecule has 3 aromatic heterocycles. The molecule has 1 spiro atoms. The van der Waals surface area contributed by atoms with E-state index in [-0.39, 0.29) is 23.3 Å². The van der Waals surface area contributed by atoms with Crippen LogP contribution in [0.2, 0.25) is 0 Å². The summed E-state index contributed by atoms with van der Waals surface area (Å²) in [4.78, 5) is 45.2.